The van der Waals surface area contributed by atoms with Gasteiger partial charge in [0.05, 0.1) is 25.9 Å². The molecule has 0 fully saturated rings. The Morgan fingerprint density at radius 3 is 1.29 bits per heavy atom. The number of carbonyl (C=O) groups excluding carboxylic acids is 2. The maximum Gasteiger partial charge on any atom is 0.305 e. The van der Waals surface area contributed by atoms with E-state index in [-0.39, 0.29) is 18.5 Å². The summed E-state index contributed by atoms with van der Waals surface area (Å²) in [6, 6.07) is 0. The average molecular weight is 828 g/mol. The topological polar surface area (TPSA) is 85.3 Å². The zero-order valence-corrected chi connectivity index (χ0v) is 39.0. The predicted octanol–water partition coefficient (Wildman–Crippen LogP) is 14.6. The molecule has 0 aromatic rings. The van der Waals surface area contributed by atoms with Crippen LogP contribution >= 0.6 is 0 Å². The van der Waals surface area contributed by atoms with Crippen molar-refractivity contribution in [1.29, 1.82) is 0 Å². The number of nitrogens with zero attached hydrogens (tertiary/aromatic N) is 1. The fourth-order valence-corrected chi connectivity index (χ4v) is 8.27. The molecule has 0 aliphatic heterocycles. The van der Waals surface area contributed by atoms with E-state index in [1.807, 2.05) is 0 Å². The van der Waals surface area contributed by atoms with Crippen LogP contribution in [-0.4, -0.2) is 67.5 Å². The van der Waals surface area contributed by atoms with Crippen LogP contribution < -0.4 is 0 Å². The number of hydrogen-bond acceptors (Lipinski definition) is 7. The van der Waals surface area contributed by atoms with Gasteiger partial charge >= 0.3 is 11.9 Å². The second-order valence-corrected chi connectivity index (χ2v) is 17.7. The van der Waals surface area contributed by atoms with E-state index in [1.54, 1.807) is 0 Å². The van der Waals surface area contributed by atoms with Crippen LogP contribution in [0.2, 0.25) is 0 Å². The van der Waals surface area contributed by atoms with Crippen molar-refractivity contribution in [1.82, 2.24) is 4.90 Å². The summed E-state index contributed by atoms with van der Waals surface area (Å²) in [5, 5.41) is 10.9. The normalized spacial score (nSPS) is 13.2. The molecule has 58 heavy (non-hydrogen) atoms. The first kappa shape index (κ1) is 56.8. The molecule has 8 heteroatoms. The molecule has 0 rings (SSSR count). The Labute approximate surface area is 359 Å². The van der Waals surface area contributed by atoms with Gasteiger partial charge in [-0.15, -0.1) is 0 Å². The largest absolute Gasteiger partial charge is 0.466 e. The van der Waals surface area contributed by atoms with Gasteiger partial charge < -0.3 is 19.5 Å². The number of esters is 2. The van der Waals surface area contributed by atoms with Gasteiger partial charge in [-0.3, -0.25) is 9.59 Å². The summed E-state index contributed by atoms with van der Waals surface area (Å²) in [4.78, 5) is 31.1. The van der Waals surface area contributed by atoms with Crippen molar-refractivity contribution in [2.75, 3.05) is 39.5 Å². The Balaban J connectivity index is 4.48. The third-order valence-corrected chi connectivity index (χ3v) is 12.1. The van der Waals surface area contributed by atoms with Crippen molar-refractivity contribution in [3.8, 4) is 0 Å². The van der Waals surface area contributed by atoms with Crippen LogP contribution in [0.5, 0.6) is 0 Å². The van der Waals surface area contributed by atoms with Crippen LogP contribution in [0.4, 0.5) is 4.53 Å². The molecule has 346 valence electrons. The highest BCUT2D eigenvalue weighted by molar-refractivity contribution is 5.69. The fraction of sp³-hybridized carbons (Fsp3) is 0.960. The van der Waals surface area contributed by atoms with E-state index in [2.05, 4.69) is 37.5 Å². The summed E-state index contributed by atoms with van der Waals surface area (Å²) >= 11 is 0. The van der Waals surface area contributed by atoms with Gasteiger partial charge in [-0.05, 0) is 87.2 Å². The number of unbranched alkanes of at least 4 members (excludes halogenated alkanes) is 19. The van der Waals surface area contributed by atoms with E-state index >= 15 is 0 Å². The highest BCUT2D eigenvalue weighted by Gasteiger charge is 2.15. The van der Waals surface area contributed by atoms with Gasteiger partial charge in [0.25, 0.3) is 0 Å². The number of halogens is 1. The summed E-state index contributed by atoms with van der Waals surface area (Å²) in [6.45, 7) is 12.5. The Kier molecular flexibility index (Phi) is 44.3. The fourth-order valence-electron chi connectivity index (χ4n) is 8.27. The molecule has 0 radical (unpaired) electrons. The minimum atomic E-state index is -0.460. The molecule has 0 aliphatic carbocycles. The molecule has 0 heterocycles. The molecule has 0 saturated carbocycles. The van der Waals surface area contributed by atoms with Crippen LogP contribution in [-0.2, 0) is 24.0 Å². The maximum atomic E-state index is 12.6. The van der Waals surface area contributed by atoms with Crippen molar-refractivity contribution in [2.24, 2.45) is 11.8 Å². The standard InChI is InChI=1S/C50H98FNO6/c1-5-9-13-16-18-24-34-47(32-22-15-11-7-3)39-44-56-49(54)36-25-19-28-40-52(41-29-20-30-42-58-51)45-48(53)35-26-27-37-50(55)57-43-38-46(31-21-12-8-4)33-23-17-14-10-6-2/h46-48,53H,5-45H2,1-4H3. The summed E-state index contributed by atoms with van der Waals surface area (Å²) in [5.74, 6) is 1.14. The molecule has 0 aromatic heterocycles. The molecular weight excluding hydrogens is 730 g/mol. The van der Waals surface area contributed by atoms with Gasteiger partial charge in [0, 0.05) is 19.4 Å². The van der Waals surface area contributed by atoms with Gasteiger partial charge in [0.2, 0.25) is 0 Å². The molecule has 3 unspecified atom stereocenters. The first-order chi connectivity index (χ1) is 28.4. The molecule has 0 spiro atoms. The van der Waals surface area contributed by atoms with Crippen molar-refractivity contribution in [2.45, 2.75) is 259 Å². The molecule has 0 amide bonds. The van der Waals surface area contributed by atoms with Crippen molar-refractivity contribution in [3.63, 3.8) is 0 Å². The van der Waals surface area contributed by atoms with Crippen LogP contribution in [0.25, 0.3) is 0 Å². The molecule has 7 nitrogen and oxygen atoms in total. The zero-order chi connectivity index (χ0) is 42.6. The van der Waals surface area contributed by atoms with Crippen LogP contribution in [0, 0.1) is 11.8 Å². The molecule has 0 bridgehead atoms. The zero-order valence-electron chi connectivity index (χ0n) is 39.0. The number of ether oxygens (including phenoxy) is 2. The van der Waals surface area contributed by atoms with Gasteiger partial charge in [-0.2, -0.15) is 4.94 Å². The summed E-state index contributed by atoms with van der Waals surface area (Å²) < 4.78 is 23.5. The van der Waals surface area contributed by atoms with Gasteiger partial charge in [0.1, 0.15) is 0 Å². The first-order valence-corrected chi connectivity index (χ1v) is 25.3. The monoisotopic (exact) mass is 828 g/mol. The van der Waals surface area contributed by atoms with E-state index in [9.17, 15) is 19.2 Å². The lowest BCUT2D eigenvalue weighted by molar-refractivity contribution is -0.145. The Bertz CT molecular complexity index is 862. The lowest BCUT2D eigenvalue weighted by Crippen LogP contribution is -2.34. The minimum Gasteiger partial charge on any atom is -0.466 e. The quantitative estimate of drug-likeness (QED) is 0.0483. The van der Waals surface area contributed by atoms with Crippen LogP contribution in [0.1, 0.15) is 252 Å². The minimum absolute atomic E-state index is 0.0738. The summed E-state index contributed by atoms with van der Waals surface area (Å²) in [7, 11) is 0. The predicted molar refractivity (Wildman–Crippen MR) is 243 cm³/mol. The van der Waals surface area contributed by atoms with E-state index in [0.29, 0.717) is 57.3 Å². The van der Waals surface area contributed by atoms with Crippen molar-refractivity contribution >= 4 is 11.9 Å². The van der Waals surface area contributed by atoms with Crippen LogP contribution in [0.3, 0.4) is 0 Å². The molecule has 0 aromatic carbocycles. The molecule has 3 atom stereocenters. The summed E-state index contributed by atoms with van der Waals surface area (Å²) in [5.41, 5.74) is 0. The van der Waals surface area contributed by atoms with Crippen molar-refractivity contribution in [3.05, 3.63) is 0 Å². The third kappa shape index (κ3) is 40.2. The Morgan fingerprint density at radius 2 is 0.810 bits per heavy atom. The number of carbonyl (C=O) groups is 2. The number of aliphatic hydroxyl groups excluding tert-OH is 1. The maximum absolute atomic E-state index is 12.6. The van der Waals surface area contributed by atoms with Gasteiger partial charge in [-0.25, -0.2) is 0 Å². The number of hydrogen-bond donors (Lipinski definition) is 1. The highest BCUT2D eigenvalue weighted by Crippen LogP contribution is 2.23. The Hall–Kier alpha value is -1.25. The van der Waals surface area contributed by atoms with E-state index < -0.39 is 6.10 Å². The van der Waals surface area contributed by atoms with E-state index in [1.165, 1.54) is 141 Å². The molecular formula is C50H98FNO6. The Morgan fingerprint density at radius 1 is 0.448 bits per heavy atom. The second kappa shape index (κ2) is 45.3. The second-order valence-electron chi connectivity index (χ2n) is 17.7. The molecule has 0 aliphatic rings. The summed E-state index contributed by atoms with van der Waals surface area (Å²) in [6.07, 6.45) is 38.2. The van der Waals surface area contributed by atoms with E-state index in [0.717, 1.165) is 70.9 Å². The van der Waals surface area contributed by atoms with Gasteiger partial charge in [0.15, 0.2) is 0 Å². The average Bonchev–Trinajstić information content (AvgIpc) is 3.21. The van der Waals surface area contributed by atoms with Gasteiger partial charge in [-0.1, -0.05) is 182 Å². The number of rotatable bonds is 47. The third-order valence-electron chi connectivity index (χ3n) is 12.1. The van der Waals surface area contributed by atoms with Crippen molar-refractivity contribution < 1.29 is 33.6 Å². The highest BCUT2D eigenvalue weighted by atomic mass is 19.3. The lowest BCUT2D eigenvalue weighted by Gasteiger charge is -2.25. The first-order valence-electron chi connectivity index (χ1n) is 25.3. The van der Waals surface area contributed by atoms with E-state index in [4.69, 9.17) is 9.47 Å². The van der Waals surface area contributed by atoms with Crippen LogP contribution in [0.15, 0.2) is 0 Å². The lowest BCUT2D eigenvalue weighted by atomic mass is 9.92. The number of aliphatic hydroxyl groups is 1. The smallest absolute Gasteiger partial charge is 0.305 e. The molecule has 0 saturated heterocycles. The molecule has 1 N–H and O–H groups in total. The SMILES string of the molecule is CCCCCCCCC(CCCCCC)CCOC(=O)CCCCCN(CCCCCOF)CC(O)CCCCC(=O)OCCC(CCCCC)CCCCCCC.